The van der Waals surface area contributed by atoms with Gasteiger partial charge in [-0.05, 0) is 30.7 Å². The van der Waals surface area contributed by atoms with Crippen molar-refractivity contribution in [1.82, 2.24) is 5.32 Å². The number of primary amides is 1. The quantitative estimate of drug-likeness (QED) is 0.748. The molecule has 0 saturated heterocycles. The minimum Gasteiger partial charge on any atom is -0.467 e. The van der Waals surface area contributed by atoms with Crippen molar-refractivity contribution >= 4 is 5.91 Å². The van der Waals surface area contributed by atoms with Crippen molar-refractivity contribution in [1.29, 1.82) is 0 Å². The van der Waals surface area contributed by atoms with Crippen LogP contribution in [-0.4, -0.2) is 12.5 Å². The van der Waals surface area contributed by atoms with E-state index in [-0.39, 0.29) is 11.9 Å². The largest absolute Gasteiger partial charge is 0.467 e. The molecule has 0 aliphatic carbocycles. The molecule has 0 aliphatic rings. The number of rotatable bonds is 7. The second kappa shape index (κ2) is 6.75. The molecule has 1 heterocycles. The van der Waals surface area contributed by atoms with E-state index in [1.165, 1.54) is 0 Å². The molecule has 0 bridgehead atoms. The molecule has 19 heavy (non-hydrogen) atoms. The second-order valence-corrected chi connectivity index (χ2v) is 4.38. The normalized spacial score (nSPS) is 12.2. The van der Waals surface area contributed by atoms with E-state index < -0.39 is 0 Å². The van der Waals surface area contributed by atoms with Crippen molar-refractivity contribution in [3.05, 3.63) is 60.1 Å². The van der Waals surface area contributed by atoms with Crippen molar-refractivity contribution in [2.75, 3.05) is 6.54 Å². The SMILES string of the molecule is NC(=O)CCCNC(c1ccccc1)c1ccco1. The van der Waals surface area contributed by atoms with E-state index in [2.05, 4.69) is 5.32 Å². The predicted molar refractivity (Wildman–Crippen MR) is 73.4 cm³/mol. The molecule has 1 amide bonds. The summed E-state index contributed by atoms with van der Waals surface area (Å²) < 4.78 is 5.47. The molecule has 100 valence electrons. The Hall–Kier alpha value is -2.07. The van der Waals surface area contributed by atoms with Crippen molar-refractivity contribution in [3.63, 3.8) is 0 Å². The van der Waals surface area contributed by atoms with Gasteiger partial charge in [-0.3, -0.25) is 4.79 Å². The zero-order valence-electron chi connectivity index (χ0n) is 10.7. The van der Waals surface area contributed by atoms with Crippen LogP contribution in [0.3, 0.4) is 0 Å². The minimum atomic E-state index is -0.268. The lowest BCUT2D eigenvalue weighted by atomic mass is 10.0. The van der Waals surface area contributed by atoms with Crippen LogP contribution in [0.2, 0.25) is 0 Å². The summed E-state index contributed by atoms with van der Waals surface area (Å²) in [6, 6.07) is 13.9. The second-order valence-electron chi connectivity index (χ2n) is 4.38. The standard InChI is InChI=1S/C15H18N2O2/c16-14(18)9-4-10-17-15(13-8-5-11-19-13)12-6-2-1-3-7-12/h1-3,5-8,11,15,17H,4,9-10H2,(H2,16,18). The smallest absolute Gasteiger partial charge is 0.217 e. The summed E-state index contributed by atoms with van der Waals surface area (Å²) in [6.07, 6.45) is 2.78. The highest BCUT2D eigenvalue weighted by Gasteiger charge is 2.15. The third-order valence-electron chi connectivity index (χ3n) is 2.91. The summed E-state index contributed by atoms with van der Waals surface area (Å²) >= 11 is 0. The Morgan fingerprint density at radius 2 is 2.00 bits per heavy atom. The van der Waals surface area contributed by atoms with Crippen molar-refractivity contribution in [2.45, 2.75) is 18.9 Å². The lowest BCUT2D eigenvalue weighted by Crippen LogP contribution is -2.24. The fraction of sp³-hybridized carbons (Fsp3) is 0.267. The van der Waals surface area contributed by atoms with E-state index in [0.717, 1.165) is 17.7 Å². The number of benzene rings is 1. The van der Waals surface area contributed by atoms with Gasteiger partial charge in [0.25, 0.3) is 0 Å². The van der Waals surface area contributed by atoms with Crippen molar-refractivity contribution in [3.8, 4) is 0 Å². The van der Waals surface area contributed by atoms with Crippen LogP contribution in [0.5, 0.6) is 0 Å². The zero-order chi connectivity index (χ0) is 13.5. The predicted octanol–water partition coefficient (Wildman–Crippen LogP) is 2.22. The number of furan rings is 1. The van der Waals surface area contributed by atoms with Crippen LogP contribution in [0.15, 0.2) is 53.1 Å². The van der Waals surface area contributed by atoms with E-state index in [0.29, 0.717) is 13.0 Å². The minimum absolute atomic E-state index is 0.00377. The Morgan fingerprint density at radius 1 is 1.21 bits per heavy atom. The van der Waals surface area contributed by atoms with Gasteiger partial charge in [0.15, 0.2) is 0 Å². The number of amides is 1. The van der Waals surface area contributed by atoms with Gasteiger partial charge in [0.1, 0.15) is 5.76 Å². The van der Waals surface area contributed by atoms with E-state index >= 15 is 0 Å². The Morgan fingerprint density at radius 3 is 2.63 bits per heavy atom. The van der Waals surface area contributed by atoms with Gasteiger partial charge >= 0.3 is 0 Å². The molecule has 0 aliphatic heterocycles. The molecule has 1 unspecified atom stereocenters. The van der Waals surface area contributed by atoms with Gasteiger partial charge < -0.3 is 15.5 Å². The molecular formula is C15H18N2O2. The fourth-order valence-electron chi connectivity index (χ4n) is 1.99. The summed E-state index contributed by atoms with van der Waals surface area (Å²) in [5.74, 6) is 0.598. The first-order chi connectivity index (χ1) is 9.27. The average Bonchev–Trinajstić information content (AvgIpc) is 2.93. The van der Waals surface area contributed by atoms with Crippen LogP contribution >= 0.6 is 0 Å². The van der Waals surface area contributed by atoms with Gasteiger partial charge in [0.05, 0.1) is 12.3 Å². The molecule has 4 heteroatoms. The molecule has 3 N–H and O–H groups in total. The topological polar surface area (TPSA) is 68.3 Å². The number of nitrogens with one attached hydrogen (secondary N) is 1. The first-order valence-corrected chi connectivity index (χ1v) is 6.37. The van der Waals surface area contributed by atoms with Gasteiger partial charge in [-0.25, -0.2) is 0 Å². The van der Waals surface area contributed by atoms with E-state index in [1.807, 2.05) is 42.5 Å². The molecule has 1 aromatic carbocycles. The van der Waals surface area contributed by atoms with Gasteiger partial charge in [-0.2, -0.15) is 0 Å². The molecular weight excluding hydrogens is 240 g/mol. The molecule has 1 aromatic heterocycles. The van der Waals surface area contributed by atoms with Crippen molar-refractivity contribution in [2.24, 2.45) is 5.73 Å². The van der Waals surface area contributed by atoms with E-state index in [9.17, 15) is 4.79 Å². The summed E-state index contributed by atoms with van der Waals surface area (Å²) in [6.45, 7) is 0.712. The lowest BCUT2D eigenvalue weighted by Gasteiger charge is -2.16. The summed E-state index contributed by atoms with van der Waals surface area (Å²) in [5, 5.41) is 3.39. The average molecular weight is 258 g/mol. The first-order valence-electron chi connectivity index (χ1n) is 6.37. The van der Waals surface area contributed by atoms with Crippen molar-refractivity contribution < 1.29 is 9.21 Å². The van der Waals surface area contributed by atoms with Gasteiger partial charge in [0.2, 0.25) is 5.91 Å². The molecule has 4 nitrogen and oxygen atoms in total. The molecule has 0 fully saturated rings. The van der Waals surface area contributed by atoms with E-state index in [1.54, 1.807) is 6.26 Å². The van der Waals surface area contributed by atoms with Crippen LogP contribution in [0, 0.1) is 0 Å². The summed E-state index contributed by atoms with van der Waals surface area (Å²) in [7, 11) is 0. The monoisotopic (exact) mass is 258 g/mol. The van der Waals surface area contributed by atoms with Gasteiger partial charge in [-0.15, -0.1) is 0 Å². The highest BCUT2D eigenvalue weighted by molar-refractivity contribution is 5.73. The zero-order valence-corrected chi connectivity index (χ0v) is 10.7. The molecule has 0 saturated carbocycles. The molecule has 1 atom stereocenters. The van der Waals surface area contributed by atoms with Crippen LogP contribution in [0.4, 0.5) is 0 Å². The van der Waals surface area contributed by atoms with Gasteiger partial charge in [-0.1, -0.05) is 30.3 Å². The molecule has 2 aromatic rings. The maximum Gasteiger partial charge on any atom is 0.217 e. The highest BCUT2D eigenvalue weighted by atomic mass is 16.3. The Bertz CT molecular complexity index is 494. The first kappa shape index (κ1) is 13.4. The number of hydrogen-bond acceptors (Lipinski definition) is 3. The number of carbonyl (C=O) groups excluding carboxylic acids is 1. The third kappa shape index (κ3) is 3.96. The molecule has 0 spiro atoms. The van der Waals surface area contributed by atoms with Crippen LogP contribution < -0.4 is 11.1 Å². The molecule has 2 rings (SSSR count). The Labute approximate surface area is 112 Å². The van der Waals surface area contributed by atoms with Crippen LogP contribution in [0.25, 0.3) is 0 Å². The maximum absolute atomic E-state index is 10.7. The Kier molecular flexibility index (Phi) is 4.75. The summed E-state index contributed by atoms with van der Waals surface area (Å²) in [5.41, 5.74) is 6.27. The Balaban J connectivity index is 2.02. The maximum atomic E-state index is 10.7. The van der Waals surface area contributed by atoms with Crippen LogP contribution in [0.1, 0.15) is 30.2 Å². The van der Waals surface area contributed by atoms with Gasteiger partial charge in [0, 0.05) is 6.42 Å². The number of hydrogen-bond donors (Lipinski definition) is 2. The summed E-state index contributed by atoms with van der Waals surface area (Å²) in [4.78, 5) is 10.7. The number of carbonyl (C=O) groups is 1. The van der Waals surface area contributed by atoms with E-state index in [4.69, 9.17) is 10.2 Å². The number of nitrogens with two attached hydrogens (primary N) is 1. The fourth-order valence-corrected chi connectivity index (χ4v) is 1.99. The third-order valence-corrected chi connectivity index (χ3v) is 2.91. The van der Waals surface area contributed by atoms with Crippen LogP contribution in [-0.2, 0) is 4.79 Å². The lowest BCUT2D eigenvalue weighted by molar-refractivity contribution is -0.118. The highest BCUT2D eigenvalue weighted by Crippen LogP contribution is 2.22. The molecule has 0 radical (unpaired) electrons.